The van der Waals surface area contributed by atoms with E-state index in [1.165, 1.54) is 12.4 Å². The zero-order valence-corrected chi connectivity index (χ0v) is 19.3. The van der Waals surface area contributed by atoms with E-state index in [1.807, 2.05) is 0 Å². The van der Waals surface area contributed by atoms with Crippen LogP contribution in [0, 0.1) is 5.82 Å². The summed E-state index contributed by atoms with van der Waals surface area (Å²) in [6.45, 7) is 0.631. The zero-order valence-electron chi connectivity index (χ0n) is 19.3. The van der Waals surface area contributed by atoms with E-state index < -0.39 is 48.9 Å². The van der Waals surface area contributed by atoms with E-state index in [9.17, 15) is 22.8 Å². The van der Waals surface area contributed by atoms with Crippen LogP contribution in [0.1, 0.15) is 19.3 Å². The van der Waals surface area contributed by atoms with Crippen molar-refractivity contribution in [1.29, 1.82) is 0 Å². The summed E-state index contributed by atoms with van der Waals surface area (Å²) >= 11 is 0. The number of aromatic nitrogens is 2. The molecule has 0 unspecified atom stereocenters. The van der Waals surface area contributed by atoms with Crippen molar-refractivity contribution in [2.75, 3.05) is 31.0 Å². The molecule has 0 aliphatic heterocycles. The van der Waals surface area contributed by atoms with Crippen LogP contribution >= 0.6 is 0 Å². The summed E-state index contributed by atoms with van der Waals surface area (Å²) in [6, 6.07) is 8.70. The average Bonchev–Trinajstić information content (AvgIpc) is 2.79. The summed E-state index contributed by atoms with van der Waals surface area (Å²) in [5.41, 5.74) is 1.34. The molecule has 0 bridgehead atoms. The lowest BCUT2D eigenvalue weighted by atomic mass is 9.88. The van der Waals surface area contributed by atoms with E-state index in [-0.39, 0.29) is 17.8 Å². The Kier molecular flexibility index (Phi) is 7.53. The van der Waals surface area contributed by atoms with Crippen LogP contribution < -0.4 is 20.7 Å². The van der Waals surface area contributed by atoms with Gasteiger partial charge in [0.05, 0.1) is 17.5 Å². The van der Waals surface area contributed by atoms with E-state index in [1.54, 1.807) is 37.4 Å². The summed E-state index contributed by atoms with van der Waals surface area (Å²) in [4.78, 5) is 32.2. The molecule has 1 heterocycles. The second-order valence-corrected chi connectivity index (χ2v) is 8.32. The van der Waals surface area contributed by atoms with Crippen LogP contribution in [0.3, 0.4) is 0 Å². The van der Waals surface area contributed by atoms with Gasteiger partial charge in [-0.05, 0) is 24.3 Å². The molecule has 190 valence electrons. The van der Waals surface area contributed by atoms with Gasteiger partial charge in [-0.25, -0.2) is 23.1 Å². The number of benzene rings is 2. The Morgan fingerprint density at radius 2 is 1.78 bits per heavy atom. The predicted molar refractivity (Wildman–Crippen MR) is 126 cm³/mol. The second kappa shape index (κ2) is 10.8. The van der Waals surface area contributed by atoms with Gasteiger partial charge in [-0.15, -0.1) is 0 Å². The number of nitrogens with one attached hydrogen (secondary N) is 3. The summed E-state index contributed by atoms with van der Waals surface area (Å²) in [5, 5.41) is 8.19. The minimum atomic E-state index is -2.75. The minimum Gasteiger partial charge on any atom is -0.491 e. The van der Waals surface area contributed by atoms with Crippen molar-refractivity contribution in [1.82, 2.24) is 15.3 Å². The van der Waals surface area contributed by atoms with Crippen LogP contribution in [-0.4, -0.2) is 54.1 Å². The van der Waals surface area contributed by atoms with Crippen molar-refractivity contribution in [2.45, 2.75) is 31.2 Å². The molecule has 1 aliphatic rings. The molecule has 3 N–H and O–H groups in total. The number of hydrogen-bond acceptors (Lipinski definition) is 7. The van der Waals surface area contributed by atoms with E-state index >= 15 is 0 Å². The summed E-state index contributed by atoms with van der Waals surface area (Å²) < 4.78 is 50.9. The predicted octanol–water partition coefficient (Wildman–Crippen LogP) is 3.78. The molecular weight excluding hydrogens is 479 g/mol. The standard InChI is InChI=1S/C24H24F3N5O4/c1-35-6-7-36-17-8-18(25)22-19(9-17)28-13-29-23(22)32-15-4-2-14(3-5-15)30-20(33)10-21(34)31-16-11-24(26,27)12-16/h2-5,8-9,13,16H,6-7,10-12H2,1H3,(H,30,33)(H,31,34)(H,28,29,32). The van der Waals surface area contributed by atoms with Crippen molar-refractivity contribution < 1.29 is 32.2 Å². The van der Waals surface area contributed by atoms with Crippen LogP contribution in [0.5, 0.6) is 5.75 Å². The third kappa shape index (κ3) is 6.39. The SMILES string of the molecule is COCCOc1cc(F)c2c(Nc3ccc(NC(=O)CC(=O)NC4CC(F)(F)C4)cc3)ncnc2c1. The molecule has 2 aromatic carbocycles. The summed E-state index contributed by atoms with van der Waals surface area (Å²) in [7, 11) is 1.54. The third-order valence-electron chi connectivity index (χ3n) is 5.43. The van der Waals surface area contributed by atoms with Gasteiger partial charge in [0, 0.05) is 49.5 Å². The molecule has 1 fully saturated rings. The van der Waals surface area contributed by atoms with Gasteiger partial charge >= 0.3 is 0 Å². The lowest BCUT2D eigenvalue weighted by Crippen LogP contribution is -2.50. The van der Waals surface area contributed by atoms with Crippen molar-refractivity contribution in [2.24, 2.45) is 0 Å². The normalized spacial score (nSPS) is 14.7. The van der Waals surface area contributed by atoms with E-state index in [2.05, 4.69) is 25.9 Å². The van der Waals surface area contributed by atoms with Crippen LogP contribution in [0.2, 0.25) is 0 Å². The Balaban J connectivity index is 1.35. The van der Waals surface area contributed by atoms with Crippen LogP contribution in [0.25, 0.3) is 10.9 Å². The molecule has 1 saturated carbocycles. The van der Waals surface area contributed by atoms with Gasteiger partial charge in [0.15, 0.2) is 0 Å². The van der Waals surface area contributed by atoms with Gasteiger partial charge < -0.3 is 25.4 Å². The molecule has 3 aromatic rings. The minimum absolute atomic E-state index is 0.184. The third-order valence-corrected chi connectivity index (χ3v) is 5.43. The van der Waals surface area contributed by atoms with Gasteiger partial charge in [-0.3, -0.25) is 9.59 Å². The highest BCUT2D eigenvalue weighted by molar-refractivity contribution is 6.03. The topological polar surface area (TPSA) is 114 Å². The average molecular weight is 503 g/mol. The maximum atomic E-state index is 14.8. The van der Waals surface area contributed by atoms with E-state index in [4.69, 9.17) is 9.47 Å². The fraction of sp³-hybridized carbons (Fsp3) is 0.333. The number of rotatable bonds is 10. The van der Waals surface area contributed by atoms with Crippen LogP contribution in [0.15, 0.2) is 42.7 Å². The van der Waals surface area contributed by atoms with E-state index in [0.29, 0.717) is 29.2 Å². The molecule has 9 nitrogen and oxygen atoms in total. The Labute approximate surface area is 204 Å². The number of anilines is 3. The molecule has 1 aliphatic carbocycles. The quantitative estimate of drug-likeness (QED) is 0.285. The number of halogens is 3. The Morgan fingerprint density at radius 3 is 2.47 bits per heavy atom. The monoisotopic (exact) mass is 503 g/mol. The zero-order chi connectivity index (χ0) is 25.7. The maximum Gasteiger partial charge on any atom is 0.252 e. The van der Waals surface area contributed by atoms with Crippen molar-refractivity contribution in [3.8, 4) is 5.75 Å². The number of hydrogen-bond donors (Lipinski definition) is 3. The van der Waals surface area contributed by atoms with Crippen molar-refractivity contribution in [3.05, 3.63) is 48.5 Å². The molecule has 0 atom stereocenters. The molecule has 0 spiro atoms. The fourth-order valence-corrected chi connectivity index (χ4v) is 3.71. The maximum absolute atomic E-state index is 14.8. The molecule has 0 saturated heterocycles. The first-order chi connectivity index (χ1) is 17.2. The van der Waals surface area contributed by atoms with Gasteiger partial charge in [-0.1, -0.05) is 0 Å². The number of nitrogens with zero attached hydrogens (tertiary/aromatic N) is 2. The summed E-state index contributed by atoms with van der Waals surface area (Å²) in [6.07, 6.45) is -0.00774. The molecule has 36 heavy (non-hydrogen) atoms. The molecular formula is C24H24F3N5O4. The first-order valence-electron chi connectivity index (χ1n) is 11.1. The lowest BCUT2D eigenvalue weighted by molar-refractivity contribution is -0.132. The Morgan fingerprint density at radius 1 is 1.06 bits per heavy atom. The number of carbonyl (C=O) groups is 2. The highest BCUT2D eigenvalue weighted by Crippen LogP contribution is 2.37. The highest BCUT2D eigenvalue weighted by atomic mass is 19.3. The van der Waals surface area contributed by atoms with Gasteiger partial charge in [0.2, 0.25) is 11.8 Å². The van der Waals surface area contributed by atoms with E-state index in [0.717, 1.165) is 0 Å². The van der Waals surface area contributed by atoms with Crippen LogP contribution in [-0.2, 0) is 14.3 Å². The smallest absolute Gasteiger partial charge is 0.252 e. The van der Waals surface area contributed by atoms with Gasteiger partial charge in [0.1, 0.15) is 36.7 Å². The number of alkyl halides is 2. The molecule has 4 rings (SSSR count). The number of fused-ring (bicyclic) bond motifs is 1. The van der Waals surface area contributed by atoms with Crippen molar-refractivity contribution >= 4 is 39.9 Å². The van der Waals surface area contributed by atoms with Crippen LogP contribution in [0.4, 0.5) is 30.4 Å². The molecule has 12 heteroatoms. The van der Waals surface area contributed by atoms with Crippen molar-refractivity contribution in [3.63, 3.8) is 0 Å². The molecule has 2 amide bonds. The first kappa shape index (κ1) is 25.2. The first-order valence-corrected chi connectivity index (χ1v) is 11.1. The number of carbonyl (C=O) groups excluding carboxylic acids is 2. The largest absolute Gasteiger partial charge is 0.491 e. The Bertz CT molecular complexity index is 1250. The number of methoxy groups -OCH3 is 1. The molecule has 0 radical (unpaired) electrons. The van der Waals surface area contributed by atoms with Gasteiger partial charge in [-0.2, -0.15) is 0 Å². The molecule has 1 aromatic heterocycles. The Hall–Kier alpha value is -3.93. The summed E-state index contributed by atoms with van der Waals surface area (Å²) in [5.74, 6) is -3.93. The fourth-order valence-electron chi connectivity index (χ4n) is 3.71. The highest BCUT2D eigenvalue weighted by Gasteiger charge is 2.45. The van der Waals surface area contributed by atoms with Gasteiger partial charge in [0.25, 0.3) is 5.92 Å². The lowest BCUT2D eigenvalue weighted by Gasteiger charge is -2.35. The number of amides is 2. The second-order valence-electron chi connectivity index (χ2n) is 8.32. The number of ether oxygens (including phenoxy) is 2.